The molecule has 96 valence electrons. The fourth-order valence-corrected chi connectivity index (χ4v) is 1.97. The van der Waals surface area contributed by atoms with Gasteiger partial charge >= 0.3 is 0 Å². The maximum Gasteiger partial charge on any atom is 0.292 e. The Morgan fingerprint density at radius 3 is 2.89 bits per heavy atom. The number of hydrogen-bond acceptors (Lipinski definition) is 5. The maximum absolute atomic E-state index is 11.3. The molecule has 0 aromatic heterocycles. The number of amides is 1. The van der Waals surface area contributed by atoms with Crippen molar-refractivity contribution in [2.24, 2.45) is 0 Å². The van der Waals surface area contributed by atoms with Gasteiger partial charge in [-0.05, 0) is 11.6 Å². The number of fused-ring (bicyclic) bond motifs is 1. The molecule has 1 aliphatic heterocycles. The lowest BCUT2D eigenvalue weighted by atomic mass is 10.1. The van der Waals surface area contributed by atoms with Gasteiger partial charge in [-0.2, -0.15) is 0 Å². The van der Waals surface area contributed by atoms with Crippen LogP contribution in [0.4, 0.5) is 17.1 Å². The van der Waals surface area contributed by atoms with Crippen LogP contribution >= 0.6 is 0 Å². The van der Waals surface area contributed by atoms with Crippen molar-refractivity contribution in [3.05, 3.63) is 27.8 Å². The smallest absolute Gasteiger partial charge is 0.292 e. The minimum atomic E-state index is -0.480. The minimum absolute atomic E-state index is 0.0544. The van der Waals surface area contributed by atoms with E-state index in [1.54, 1.807) is 18.0 Å². The molecule has 1 aliphatic rings. The molecule has 0 radical (unpaired) electrons. The van der Waals surface area contributed by atoms with Gasteiger partial charge < -0.3 is 15.3 Å². The Bertz CT molecular complexity index is 515. The Hall–Kier alpha value is -2.15. The van der Waals surface area contributed by atoms with Crippen molar-refractivity contribution < 1.29 is 14.8 Å². The molecule has 1 amide bonds. The number of hydrogen-bond donors (Lipinski definition) is 2. The zero-order chi connectivity index (χ0) is 13.3. The molecule has 0 fully saturated rings. The van der Waals surface area contributed by atoms with E-state index in [0.29, 0.717) is 16.9 Å². The first-order chi connectivity index (χ1) is 8.52. The molecule has 18 heavy (non-hydrogen) atoms. The van der Waals surface area contributed by atoms with E-state index in [1.165, 1.54) is 6.07 Å². The number of aliphatic hydroxyl groups is 1. The predicted molar refractivity (Wildman–Crippen MR) is 65.8 cm³/mol. The normalized spacial score (nSPS) is 13.1. The van der Waals surface area contributed by atoms with Crippen LogP contribution in [0.5, 0.6) is 0 Å². The number of anilines is 2. The van der Waals surface area contributed by atoms with Crippen LogP contribution in [0.25, 0.3) is 0 Å². The summed E-state index contributed by atoms with van der Waals surface area (Å²) in [7, 11) is 1.65. The van der Waals surface area contributed by atoms with E-state index < -0.39 is 4.92 Å². The van der Waals surface area contributed by atoms with Crippen molar-refractivity contribution in [1.29, 1.82) is 0 Å². The van der Waals surface area contributed by atoms with Crippen molar-refractivity contribution in [1.82, 2.24) is 0 Å². The highest BCUT2D eigenvalue weighted by Gasteiger charge is 2.25. The molecule has 0 unspecified atom stereocenters. The number of nitrogens with one attached hydrogen (secondary N) is 1. The van der Waals surface area contributed by atoms with Crippen molar-refractivity contribution in [3.63, 3.8) is 0 Å². The van der Waals surface area contributed by atoms with Gasteiger partial charge in [-0.1, -0.05) is 0 Å². The van der Waals surface area contributed by atoms with E-state index in [1.807, 2.05) is 0 Å². The Balaban J connectivity index is 2.47. The first-order valence-corrected chi connectivity index (χ1v) is 5.46. The summed E-state index contributed by atoms with van der Waals surface area (Å²) in [4.78, 5) is 23.4. The van der Waals surface area contributed by atoms with Crippen molar-refractivity contribution in [2.75, 3.05) is 30.4 Å². The van der Waals surface area contributed by atoms with Crippen LogP contribution in [-0.4, -0.2) is 36.1 Å². The topological polar surface area (TPSA) is 95.7 Å². The van der Waals surface area contributed by atoms with E-state index in [2.05, 4.69) is 5.32 Å². The van der Waals surface area contributed by atoms with Gasteiger partial charge in [0.05, 0.1) is 18.0 Å². The zero-order valence-corrected chi connectivity index (χ0v) is 9.84. The molecule has 0 spiro atoms. The third kappa shape index (κ3) is 2.12. The highest BCUT2D eigenvalue weighted by atomic mass is 16.6. The fourth-order valence-electron chi connectivity index (χ4n) is 1.97. The number of aliphatic hydroxyl groups excluding tert-OH is 1. The molecule has 0 aliphatic carbocycles. The van der Waals surface area contributed by atoms with Gasteiger partial charge in [0.2, 0.25) is 5.91 Å². The van der Waals surface area contributed by atoms with Crippen molar-refractivity contribution in [3.8, 4) is 0 Å². The summed E-state index contributed by atoms with van der Waals surface area (Å²) in [5.74, 6) is -0.166. The Morgan fingerprint density at radius 2 is 2.28 bits per heavy atom. The third-order valence-corrected chi connectivity index (χ3v) is 2.87. The average Bonchev–Trinajstić information content (AvgIpc) is 2.66. The molecule has 0 saturated carbocycles. The van der Waals surface area contributed by atoms with E-state index >= 15 is 0 Å². The van der Waals surface area contributed by atoms with Crippen LogP contribution in [0, 0.1) is 10.1 Å². The lowest BCUT2D eigenvalue weighted by Gasteiger charge is -2.18. The van der Waals surface area contributed by atoms with Crippen LogP contribution in [0.2, 0.25) is 0 Å². The molecule has 0 atom stereocenters. The van der Waals surface area contributed by atoms with Crippen LogP contribution in [-0.2, 0) is 11.2 Å². The van der Waals surface area contributed by atoms with Gasteiger partial charge in [0.15, 0.2) is 0 Å². The standard InChI is InChI=1S/C11H13N3O4/c1-13(2-3-15)9-6-8-7(5-11(16)12-8)4-10(9)14(17)18/h4,6,15H,2-3,5H2,1H3,(H,12,16). The first kappa shape index (κ1) is 12.3. The summed E-state index contributed by atoms with van der Waals surface area (Å²) in [5, 5.41) is 22.6. The number of nitro benzene ring substituents is 1. The Kier molecular flexibility index (Phi) is 3.15. The highest BCUT2D eigenvalue weighted by molar-refractivity contribution is 6.00. The number of benzene rings is 1. The predicted octanol–water partition coefficient (Wildman–Crippen LogP) is 0.518. The van der Waals surface area contributed by atoms with Crippen molar-refractivity contribution >= 4 is 23.0 Å². The summed E-state index contributed by atoms with van der Waals surface area (Å²) in [6.07, 6.45) is 0.167. The number of nitro groups is 1. The second kappa shape index (κ2) is 4.61. The average molecular weight is 251 g/mol. The molecule has 7 heteroatoms. The van der Waals surface area contributed by atoms with Gasteiger partial charge in [-0.15, -0.1) is 0 Å². The van der Waals surface area contributed by atoms with Gasteiger partial charge in [-0.3, -0.25) is 14.9 Å². The molecule has 2 N–H and O–H groups in total. The van der Waals surface area contributed by atoms with E-state index in [-0.39, 0.29) is 31.2 Å². The number of carbonyl (C=O) groups excluding carboxylic acids is 1. The summed E-state index contributed by atoms with van der Waals surface area (Å²) in [6, 6.07) is 2.99. The minimum Gasteiger partial charge on any atom is -0.395 e. The molecule has 0 bridgehead atoms. The van der Waals surface area contributed by atoms with E-state index in [0.717, 1.165) is 0 Å². The Labute approximate surface area is 103 Å². The summed E-state index contributed by atoms with van der Waals surface area (Å²) < 4.78 is 0. The van der Waals surface area contributed by atoms with Crippen LogP contribution in [0.3, 0.4) is 0 Å². The summed E-state index contributed by atoms with van der Waals surface area (Å²) in [6.45, 7) is 0.185. The molecule has 1 aromatic carbocycles. The molecular weight excluding hydrogens is 238 g/mol. The number of nitrogens with zero attached hydrogens (tertiary/aromatic N) is 2. The second-order valence-electron chi connectivity index (χ2n) is 4.13. The van der Waals surface area contributed by atoms with E-state index in [9.17, 15) is 14.9 Å². The lowest BCUT2D eigenvalue weighted by Crippen LogP contribution is -2.22. The number of likely N-dealkylation sites (N-methyl/N-ethyl adjacent to an activating group) is 1. The summed E-state index contributed by atoms with van der Waals surface area (Å²) >= 11 is 0. The van der Waals surface area contributed by atoms with Crippen LogP contribution in [0.15, 0.2) is 12.1 Å². The van der Waals surface area contributed by atoms with E-state index in [4.69, 9.17) is 5.11 Å². The van der Waals surface area contributed by atoms with Crippen LogP contribution < -0.4 is 10.2 Å². The molecule has 2 rings (SSSR count). The summed E-state index contributed by atoms with van der Waals surface area (Å²) in [5.41, 5.74) is 1.56. The Morgan fingerprint density at radius 1 is 1.56 bits per heavy atom. The molecule has 7 nitrogen and oxygen atoms in total. The third-order valence-electron chi connectivity index (χ3n) is 2.87. The monoisotopic (exact) mass is 251 g/mol. The maximum atomic E-state index is 11.3. The zero-order valence-electron chi connectivity index (χ0n) is 9.84. The van der Waals surface area contributed by atoms with Gasteiger partial charge in [0.1, 0.15) is 5.69 Å². The molecule has 0 saturated heterocycles. The number of rotatable bonds is 4. The van der Waals surface area contributed by atoms with Crippen molar-refractivity contribution in [2.45, 2.75) is 6.42 Å². The largest absolute Gasteiger partial charge is 0.395 e. The second-order valence-corrected chi connectivity index (χ2v) is 4.13. The fraction of sp³-hybridized carbons (Fsp3) is 0.364. The highest BCUT2D eigenvalue weighted by Crippen LogP contribution is 2.36. The van der Waals surface area contributed by atoms with Gasteiger partial charge in [0, 0.05) is 25.3 Å². The lowest BCUT2D eigenvalue weighted by molar-refractivity contribution is -0.384. The molecular formula is C11H13N3O4. The first-order valence-electron chi connectivity index (χ1n) is 5.46. The SMILES string of the molecule is CN(CCO)c1cc2c(cc1[N+](=O)[O-])CC(=O)N2. The molecule has 1 heterocycles. The quantitative estimate of drug-likeness (QED) is 0.600. The van der Waals surface area contributed by atoms with Gasteiger partial charge in [-0.25, -0.2) is 0 Å². The van der Waals surface area contributed by atoms with Crippen LogP contribution in [0.1, 0.15) is 5.56 Å². The molecule has 1 aromatic rings. The number of carbonyl (C=O) groups is 1. The van der Waals surface area contributed by atoms with Gasteiger partial charge in [0.25, 0.3) is 5.69 Å².